The average molecular weight is 261 g/mol. The van der Waals surface area contributed by atoms with Gasteiger partial charge in [-0.3, -0.25) is 14.7 Å². The summed E-state index contributed by atoms with van der Waals surface area (Å²) in [5.41, 5.74) is 1.71. The Balaban J connectivity index is 2.45. The van der Waals surface area contributed by atoms with Crippen LogP contribution in [0.25, 0.3) is 0 Å². The van der Waals surface area contributed by atoms with Gasteiger partial charge in [0.05, 0.1) is 11.9 Å². The van der Waals surface area contributed by atoms with Crippen LogP contribution in [0.1, 0.15) is 27.2 Å². The SMILES string of the molecule is Cc1cn[nH]c1NC(=O)c1c(C)c(C)nn(C)c1=O. The van der Waals surface area contributed by atoms with Gasteiger partial charge in [0.2, 0.25) is 0 Å². The van der Waals surface area contributed by atoms with E-state index >= 15 is 0 Å². The molecule has 0 aliphatic rings. The number of amides is 1. The van der Waals surface area contributed by atoms with Crippen molar-refractivity contribution in [2.75, 3.05) is 5.32 Å². The summed E-state index contributed by atoms with van der Waals surface area (Å²) in [6, 6.07) is 0. The maximum Gasteiger partial charge on any atom is 0.279 e. The molecule has 0 fully saturated rings. The Kier molecular flexibility index (Phi) is 3.20. The lowest BCUT2D eigenvalue weighted by Gasteiger charge is -2.09. The molecule has 0 aromatic carbocycles. The van der Waals surface area contributed by atoms with Crippen molar-refractivity contribution < 1.29 is 4.79 Å². The van der Waals surface area contributed by atoms with Crippen molar-refractivity contribution in [1.82, 2.24) is 20.0 Å². The number of nitrogens with one attached hydrogen (secondary N) is 2. The number of aryl methyl sites for hydroxylation is 3. The molecule has 7 nitrogen and oxygen atoms in total. The second-order valence-corrected chi connectivity index (χ2v) is 4.40. The molecule has 19 heavy (non-hydrogen) atoms. The molecule has 0 bridgehead atoms. The van der Waals surface area contributed by atoms with E-state index in [9.17, 15) is 9.59 Å². The molecule has 0 aliphatic carbocycles. The highest BCUT2D eigenvalue weighted by Gasteiger charge is 2.18. The molecule has 0 atom stereocenters. The van der Waals surface area contributed by atoms with Crippen LogP contribution in [-0.4, -0.2) is 25.9 Å². The normalized spacial score (nSPS) is 10.5. The third-order valence-corrected chi connectivity index (χ3v) is 3.02. The summed E-state index contributed by atoms with van der Waals surface area (Å²) in [6.07, 6.45) is 1.60. The van der Waals surface area contributed by atoms with Gasteiger partial charge < -0.3 is 5.32 Å². The molecule has 2 aromatic heterocycles. The van der Waals surface area contributed by atoms with Gasteiger partial charge in [-0.15, -0.1) is 0 Å². The Morgan fingerprint density at radius 2 is 2.05 bits per heavy atom. The maximum atomic E-state index is 12.2. The van der Waals surface area contributed by atoms with Gasteiger partial charge >= 0.3 is 0 Å². The van der Waals surface area contributed by atoms with Crippen LogP contribution in [-0.2, 0) is 7.05 Å². The molecular weight excluding hydrogens is 246 g/mol. The van der Waals surface area contributed by atoms with E-state index in [0.29, 0.717) is 17.1 Å². The summed E-state index contributed by atoms with van der Waals surface area (Å²) >= 11 is 0. The highest BCUT2D eigenvalue weighted by atomic mass is 16.2. The van der Waals surface area contributed by atoms with Crippen LogP contribution in [0.3, 0.4) is 0 Å². The summed E-state index contributed by atoms with van der Waals surface area (Å²) in [6.45, 7) is 5.27. The molecule has 100 valence electrons. The van der Waals surface area contributed by atoms with Gasteiger partial charge in [0, 0.05) is 12.6 Å². The van der Waals surface area contributed by atoms with Gasteiger partial charge in [0.25, 0.3) is 11.5 Å². The highest BCUT2D eigenvalue weighted by molar-refractivity contribution is 6.04. The summed E-state index contributed by atoms with van der Waals surface area (Å²) < 4.78 is 1.16. The molecule has 2 N–H and O–H groups in total. The molecule has 7 heteroatoms. The molecule has 0 radical (unpaired) electrons. The Labute approximate surface area is 109 Å². The number of carbonyl (C=O) groups excluding carboxylic acids is 1. The smallest absolute Gasteiger partial charge is 0.279 e. The van der Waals surface area contributed by atoms with Crippen LogP contribution < -0.4 is 10.9 Å². The van der Waals surface area contributed by atoms with E-state index in [1.807, 2.05) is 6.92 Å². The van der Waals surface area contributed by atoms with E-state index in [4.69, 9.17) is 0 Å². The standard InChI is InChI=1S/C12H15N5O2/c1-6-5-13-15-10(6)14-11(18)9-7(2)8(3)16-17(4)12(9)19/h5H,1-4H3,(H2,13,14,15,18). The van der Waals surface area contributed by atoms with Gasteiger partial charge in [0.1, 0.15) is 11.4 Å². The largest absolute Gasteiger partial charge is 0.307 e. The van der Waals surface area contributed by atoms with Crippen molar-refractivity contribution in [1.29, 1.82) is 0 Å². The zero-order valence-corrected chi connectivity index (χ0v) is 11.2. The maximum absolute atomic E-state index is 12.2. The fourth-order valence-electron chi connectivity index (χ4n) is 1.76. The molecule has 2 rings (SSSR count). The number of nitrogens with zero attached hydrogens (tertiary/aromatic N) is 3. The van der Waals surface area contributed by atoms with Crippen molar-refractivity contribution >= 4 is 11.7 Å². The van der Waals surface area contributed by atoms with Gasteiger partial charge in [-0.1, -0.05) is 0 Å². The number of hydrogen-bond acceptors (Lipinski definition) is 4. The first-order chi connectivity index (χ1) is 8.91. The number of rotatable bonds is 2. The van der Waals surface area contributed by atoms with Gasteiger partial charge in [-0.05, 0) is 26.3 Å². The summed E-state index contributed by atoms with van der Waals surface area (Å²) in [5, 5.41) is 13.2. The van der Waals surface area contributed by atoms with E-state index in [0.717, 1.165) is 10.2 Å². The minimum Gasteiger partial charge on any atom is -0.307 e. The van der Waals surface area contributed by atoms with Gasteiger partial charge in [0.15, 0.2) is 0 Å². The van der Waals surface area contributed by atoms with Crippen LogP contribution in [0, 0.1) is 20.8 Å². The lowest BCUT2D eigenvalue weighted by molar-refractivity contribution is 0.102. The number of hydrogen-bond donors (Lipinski definition) is 2. The number of aromatic amines is 1. The average Bonchev–Trinajstić information content (AvgIpc) is 2.73. The predicted molar refractivity (Wildman–Crippen MR) is 70.2 cm³/mol. The minimum absolute atomic E-state index is 0.101. The van der Waals surface area contributed by atoms with Gasteiger partial charge in [-0.2, -0.15) is 10.2 Å². The lowest BCUT2D eigenvalue weighted by Crippen LogP contribution is -2.31. The number of carbonyl (C=O) groups is 1. The molecule has 0 saturated carbocycles. The van der Waals surface area contributed by atoms with Crippen LogP contribution in [0.4, 0.5) is 5.82 Å². The van der Waals surface area contributed by atoms with E-state index in [2.05, 4.69) is 20.6 Å². The Hall–Kier alpha value is -2.44. The molecule has 0 spiro atoms. The first-order valence-electron chi connectivity index (χ1n) is 5.77. The zero-order chi connectivity index (χ0) is 14.2. The van der Waals surface area contributed by atoms with E-state index in [1.54, 1.807) is 20.0 Å². The van der Waals surface area contributed by atoms with Gasteiger partial charge in [-0.25, -0.2) is 4.68 Å². The highest BCUT2D eigenvalue weighted by Crippen LogP contribution is 2.12. The van der Waals surface area contributed by atoms with E-state index < -0.39 is 11.5 Å². The van der Waals surface area contributed by atoms with Crippen LogP contribution in [0.5, 0.6) is 0 Å². The monoisotopic (exact) mass is 261 g/mol. The van der Waals surface area contributed by atoms with Crippen molar-refractivity contribution in [2.45, 2.75) is 20.8 Å². The molecular formula is C12H15N5O2. The number of H-pyrrole nitrogens is 1. The summed E-state index contributed by atoms with van der Waals surface area (Å²) in [7, 11) is 1.52. The van der Waals surface area contributed by atoms with E-state index in [-0.39, 0.29) is 5.56 Å². The third-order valence-electron chi connectivity index (χ3n) is 3.02. The Morgan fingerprint density at radius 1 is 1.37 bits per heavy atom. The Morgan fingerprint density at radius 3 is 2.63 bits per heavy atom. The van der Waals surface area contributed by atoms with Crippen LogP contribution in [0.2, 0.25) is 0 Å². The molecule has 0 unspecified atom stereocenters. The topological polar surface area (TPSA) is 92.7 Å². The van der Waals surface area contributed by atoms with Crippen molar-refractivity contribution in [2.24, 2.45) is 7.05 Å². The number of aromatic nitrogens is 4. The molecule has 0 saturated heterocycles. The fourth-order valence-corrected chi connectivity index (χ4v) is 1.76. The fraction of sp³-hybridized carbons (Fsp3) is 0.333. The van der Waals surface area contributed by atoms with Crippen LogP contribution in [0.15, 0.2) is 11.0 Å². The quantitative estimate of drug-likeness (QED) is 0.831. The second-order valence-electron chi connectivity index (χ2n) is 4.40. The molecule has 0 aliphatic heterocycles. The minimum atomic E-state index is -0.462. The van der Waals surface area contributed by atoms with Crippen molar-refractivity contribution in [3.05, 3.63) is 38.9 Å². The third kappa shape index (κ3) is 2.26. The zero-order valence-electron chi connectivity index (χ0n) is 11.2. The second kappa shape index (κ2) is 4.68. The molecule has 2 heterocycles. The van der Waals surface area contributed by atoms with Crippen LogP contribution >= 0.6 is 0 Å². The molecule has 1 amide bonds. The first-order valence-corrected chi connectivity index (χ1v) is 5.77. The molecule has 2 aromatic rings. The number of anilines is 1. The predicted octanol–water partition coefficient (Wildman–Crippen LogP) is 0.681. The summed E-state index contributed by atoms with van der Waals surface area (Å²) in [5.74, 6) is 0.0249. The lowest BCUT2D eigenvalue weighted by atomic mass is 10.1. The van der Waals surface area contributed by atoms with Crippen molar-refractivity contribution in [3.8, 4) is 0 Å². The first kappa shape index (κ1) is 13.0. The summed E-state index contributed by atoms with van der Waals surface area (Å²) in [4.78, 5) is 24.2. The van der Waals surface area contributed by atoms with E-state index in [1.165, 1.54) is 7.05 Å². The van der Waals surface area contributed by atoms with Crippen molar-refractivity contribution in [3.63, 3.8) is 0 Å². The Bertz CT molecular complexity index is 699.